The van der Waals surface area contributed by atoms with Gasteiger partial charge in [-0.05, 0) is 37.3 Å². The number of fused-ring (bicyclic) bond motifs is 1. The first-order valence-corrected chi connectivity index (χ1v) is 6.70. The Bertz CT molecular complexity index is 582. The first-order chi connectivity index (χ1) is 8.50. The van der Waals surface area contributed by atoms with Crippen molar-refractivity contribution in [1.29, 1.82) is 0 Å². The molecule has 1 fully saturated rings. The monoisotopic (exact) mass is 243 g/mol. The highest BCUT2D eigenvalue weighted by Gasteiger charge is 2.41. The smallest absolute Gasteiger partial charge is 0.107 e. The maximum Gasteiger partial charge on any atom is 0.107 e. The van der Waals surface area contributed by atoms with Gasteiger partial charge in [0.2, 0.25) is 0 Å². The van der Waals surface area contributed by atoms with Crippen molar-refractivity contribution >= 4 is 11.0 Å². The maximum atomic E-state index is 6.46. The molecule has 0 aliphatic heterocycles. The van der Waals surface area contributed by atoms with E-state index >= 15 is 0 Å². The summed E-state index contributed by atoms with van der Waals surface area (Å²) >= 11 is 0. The minimum absolute atomic E-state index is 0.203. The lowest BCUT2D eigenvalue weighted by atomic mass is 9.87. The lowest BCUT2D eigenvalue weighted by Gasteiger charge is -2.28. The normalized spacial score (nSPS) is 26.9. The average molecular weight is 243 g/mol. The van der Waals surface area contributed by atoms with E-state index in [0.29, 0.717) is 6.04 Å². The van der Waals surface area contributed by atoms with Gasteiger partial charge in [0.1, 0.15) is 5.82 Å². The summed E-state index contributed by atoms with van der Waals surface area (Å²) in [5, 5.41) is 0. The highest BCUT2D eigenvalue weighted by molar-refractivity contribution is 5.76. The Morgan fingerprint density at radius 1 is 1.33 bits per heavy atom. The van der Waals surface area contributed by atoms with Crippen LogP contribution in [0.5, 0.6) is 0 Å². The van der Waals surface area contributed by atoms with Crippen LogP contribution in [0, 0.1) is 12.3 Å². The molecule has 3 rings (SSSR count). The van der Waals surface area contributed by atoms with E-state index in [4.69, 9.17) is 5.73 Å². The van der Waals surface area contributed by atoms with Crippen molar-refractivity contribution < 1.29 is 0 Å². The molecule has 2 N–H and O–H groups in total. The fourth-order valence-corrected chi connectivity index (χ4v) is 3.26. The Morgan fingerprint density at radius 3 is 2.72 bits per heavy atom. The van der Waals surface area contributed by atoms with Gasteiger partial charge in [-0.1, -0.05) is 26.0 Å². The van der Waals surface area contributed by atoms with Crippen LogP contribution in [0.25, 0.3) is 11.0 Å². The fraction of sp³-hybridized carbons (Fsp3) is 0.533. The SMILES string of the molecule is Cc1nc2ccccc2n1C1CCC(C)(C)C1N. The Hall–Kier alpha value is -1.35. The first kappa shape index (κ1) is 11.7. The van der Waals surface area contributed by atoms with Crippen molar-refractivity contribution in [3.8, 4) is 0 Å². The van der Waals surface area contributed by atoms with Crippen LogP contribution in [0.3, 0.4) is 0 Å². The summed E-state index contributed by atoms with van der Waals surface area (Å²) in [6.45, 7) is 6.62. The van der Waals surface area contributed by atoms with Gasteiger partial charge in [0.15, 0.2) is 0 Å². The molecule has 1 saturated carbocycles. The van der Waals surface area contributed by atoms with Gasteiger partial charge < -0.3 is 10.3 Å². The van der Waals surface area contributed by atoms with Crippen LogP contribution < -0.4 is 5.73 Å². The zero-order valence-electron chi connectivity index (χ0n) is 11.4. The van der Waals surface area contributed by atoms with Crippen LogP contribution >= 0.6 is 0 Å². The van der Waals surface area contributed by atoms with Crippen molar-refractivity contribution in [2.45, 2.75) is 45.7 Å². The van der Waals surface area contributed by atoms with E-state index in [1.54, 1.807) is 0 Å². The van der Waals surface area contributed by atoms with E-state index in [-0.39, 0.29) is 11.5 Å². The van der Waals surface area contributed by atoms with Gasteiger partial charge in [0, 0.05) is 6.04 Å². The lowest BCUT2D eigenvalue weighted by molar-refractivity contribution is 0.300. The molecule has 18 heavy (non-hydrogen) atoms. The highest BCUT2D eigenvalue weighted by atomic mass is 15.1. The molecule has 0 spiro atoms. The van der Waals surface area contributed by atoms with E-state index in [1.165, 1.54) is 11.9 Å². The molecule has 1 aromatic carbocycles. The molecule has 1 heterocycles. The van der Waals surface area contributed by atoms with Gasteiger partial charge in [-0.15, -0.1) is 0 Å². The summed E-state index contributed by atoms with van der Waals surface area (Å²) in [7, 11) is 0. The molecule has 3 nitrogen and oxygen atoms in total. The molecule has 0 radical (unpaired) electrons. The predicted molar refractivity (Wildman–Crippen MR) is 74.5 cm³/mol. The van der Waals surface area contributed by atoms with Crippen molar-refractivity contribution in [3.05, 3.63) is 30.1 Å². The third kappa shape index (κ3) is 1.57. The minimum Gasteiger partial charge on any atom is -0.325 e. The summed E-state index contributed by atoms with van der Waals surface area (Å²) < 4.78 is 2.34. The average Bonchev–Trinajstić information content (AvgIpc) is 2.78. The van der Waals surface area contributed by atoms with Crippen molar-refractivity contribution in [2.24, 2.45) is 11.1 Å². The molecular formula is C15H21N3. The van der Waals surface area contributed by atoms with E-state index in [0.717, 1.165) is 17.8 Å². The first-order valence-electron chi connectivity index (χ1n) is 6.70. The number of aryl methyl sites for hydroxylation is 1. The van der Waals surface area contributed by atoms with E-state index in [1.807, 2.05) is 6.07 Å². The maximum absolute atomic E-state index is 6.46. The summed E-state index contributed by atoms with van der Waals surface area (Å²) in [4.78, 5) is 4.65. The number of aromatic nitrogens is 2. The van der Waals surface area contributed by atoms with E-state index in [2.05, 4.69) is 48.5 Å². The molecule has 0 bridgehead atoms. The number of imidazole rings is 1. The highest BCUT2D eigenvalue weighted by Crippen LogP contribution is 2.43. The summed E-state index contributed by atoms with van der Waals surface area (Å²) in [5.74, 6) is 1.08. The Morgan fingerprint density at radius 2 is 2.06 bits per heavy atom. The lowest BCUT2D eigenvalue weighted by Crippen LogP contribution is -2.38. The Kier molecular flexibility index (Phi) is 2.49. The minimum atomic E-state index is 0.203. The topological polar surface area (TPSA) is 43.8 Å². The third-order valence-electron chi connectivity index (χ3n) is 4.51. The van der Waals surface area contributed by atoms with Gasteiger partial charge >= 0.3 is 0 Å². The van der Waals surface area contributed by atoms with Gasteiger partial charge in [0.05, 0.1) is 17.1 Å². The van der Waals surface area contributed by atoms with Crippen LogP contribution in [0.4, 0.5) is 0 Å². The van der Waals surface area contributed by atoms with E-state index in [9.17, 15) is 0 Å². The van der Waals surface area contributed by atoms with Crippen LogP contribution in [-0.4, -0.2) is 15.6 Å². The van der Waals surface area contributed by atoms with Gasteiger partial charge in [-0.3, -0.25) is 0 Å². The molecule has 1 aliphatic rings. The quantitative estimate of drug-likeness (QED) is 0.836. The molecule has 1 aromatic heterocycles. The fourth-order valence-electron chi connectivity index (χ4n) is 3.26. The molecule has 0 saturated heterocycles. The number of nitrogens with zero attached hydrogens (tertiary/aromatic N) is 2. The standard InChI is InChI=1S/C15H21N3/c1-10-17-11-6-4-5-7-12(11)18(10)13-8-9-15(2,3)14(13)16/h4-7,13-14H,8-9,16H2,1-3H3. The van der Waals surface area contributed by atoms with Crippen molar-refractivity contribution in [3.63, 3.8) is 0 Å². The molecule has 2 atom stereocenters. The third-order valence-corrected chi connectivity index (χ3v) is 4.51. The molecular weight excluding hydrogens is 222 g/mol. The van der Waals surface area contributed by atoms with Crippen molar-refractivity contribution in [1.82, 2.24) is 9.55 Å². The zero-order valence-corrected chi connectivity index (χ0v) is 11.4. The van der Waals surface area contributed by atoms with Crippen molar-refractivity contribution in [2.75, 3.05) is 0 Å². The number of rotatable bonds is 1. The van der Waals surface area contributed by atoms with Crippen LogP contribution in [0.15, 0.2) is 24.3 Å². The molecule has 1 aliphatic carbocycles. The number of hydrogen-bond donors (Lipinski definition) is 1. The molecule has 3 heteroatoms. The van der Waals surface area contributed by atoms with E-state index < -0.39 is 0 Å². The Labute approximate surface area is 108 Å². The zero-order chi connectivity index (χ0) is 12.9. The summed E-state index contributed by atoms with van der Waals surface area (Å²) in [5.41, 5.74) is 8.98. The van der Waals surface area contributed by atoms with Gasteiger partial charge in [0.25, 0.3) is 0 Å². The Balaban J connectivity index is 2.13. The summed E-state index contributed by atoms with van der Waals surface area (Å²) in [6.07, 6.45) is 2.33. The molecule has 96 valence electrons. The number of benzene rings is 1. The number of nitrogens with two attached hydrogens (primary N) is 1. The second-order valence-electron chi connectivity index (χ2n) is 6.14. The van der Waals surface area contributed by atoms with Crippen LogP contribution in [-0.2, 0) is 0 Å². The van der Waals surface area contributed by atoms with Gasteiger partial charge in [-0.2, -0.15) is 0 Å². The van der Waals surface area contributed by atoms with Crippen LogP contribution in [0.1, 0.15) is 38.6 Å². The molecule has 2 aromatic rings. The summed E-state index contributed by atoms with van der Waals surface area (Å²) in [6, 6.07) is 8.92. The van der Waals surface area contributed by atoms with Gasteiger partial charge in [-0.25, -0.2) is 4.98 Å². The second-order valence-corrected chi connectivity index (χ2v) is 6.14. The van der Waals surface area contributed by atoms with Crippen LogP contribution in [0.2, 0.25) is 0 Å². The number of para-hydroxylation sites is 2. The second kappa shape index (κ2) is 3.82. The molecule has 2 unspecified atom stereocenters. The largest absolute Gasteiger partial charge is 0.325 e. The number of hydrogen-bond acceptors (Lipinski definition) is 2. The molecule has 0 amide bonds. The predicted octanol–water partition coefficient (Wildman–Crippen LogP) is 3.03.